The van der Waals surface area contributed by atoms with Gasteiger partial charge in [0.15, 0.2) is 0 Å². The fourth-order valence-electron chi connectivity index (χ4n) is 1.61. The van der Waals surface area contributed by atoms with Gasteiger partial charge in [-0.25, -0.2) is 4.21 Å². The topological polar surface area (TPSA) is 49.4 Å². The average molecular weight is 267 g/mol. The van der Waals surface area contributed by atoms with Gasteiger partial charge in [0.1, 0.15) is 0 Å². The van der Waals surface area contributed by atoms with Crippen molar-refractivity contribution in [2.24, 2.45) is 0 Å². The van der Waals surface area contributed by atoms with E-state index in [2.05, 4.69) is 31.9 Å². The summed E-state index contributed by atoms with van der Waals surface area (Å²) in [5.74, 6) is 0. The van der Waals surface area contributed by atoms with E-state index >= 15 is 0 Å². The van der Waals surface area contributed by atoms with E-state index in [0.717, 1.165) is 12.8 Å². The van der Waals surface area contributed by atoms with Gasteiger partial charge in [-0.2, -0.15) is 0 Å². The molecule has 0 fully saturated rings. The first kappa shape index (κ1) is 19.4. The Kier molecular flexibility index (Phi) is 14.2. The molecule has 1 atom stereocenters. The van der Waals surface area contributed by atoms with Crippen LogP contribution in [0.15, 0.2) is 0 Å². The zero-order chi connectivity index (χ0) is 13.7. The van der Waals surface area contributed by atoms with Crippen molar-refractivity contribution in [1.29, 1.82) is 0 Å². The number of hydrogen-bond acceptors (Lipinski definition) is 3. The molecule has 0 aliphatic carbocycles. The Morgan fingerprint density at radius 3 is 1.59 bits per heavy atom. The molecule has 1 unspecified atom stereocenters. The van der Waals surface area contributed by atoms with Crippen LogP contribution in [-0.4, -0.2) is 46.0 Å². The monoisotopic (exact) mass is 267 g/mol. The zero-order valence-electron chi connectivity index (χ0n) is 12.0. The molecule has 0 rings (SSSR count). The smallest absolute Gasteiger partial charge is 0.0842 e. The summed E-state index contributed by atoms with van der Waals surface area (Å²) in [4.78, 5) is 0. The largest absolute Gasteiger partial charge is 0.750 e. The molecule has 0 saturated carbocycles. The summed E-state index contributed by atoms with van der Waals surface area (Å²) in [6.07, 6.45) is 1.76. The maximum atomic E-state index is 9.65. The molecule has 0 amide bonds. The van der Waals surface area contributed by atoms with Crippen molar-refractivity contribution in [1.82, 2.24) is 0 Å². The van der Waals surface area contributed by atoms with Crippen molar-refractivity contribution < 1.29 is 17.4 Å². The van der Waals surface area contributed by atoms with Gasteiger partial charge in [-0.1, -0.05) is 13.3 Å². The van der Waals surface area contributed by atoms with Gasteiger partial charge in [0, 0.05) is 0 Å². The van der Waals surface area contributed by atoms with Crippen LogP contribution in [0.25, 0.3) is 0 Å². The minimum Gasteiger partial charge on any atom is -0.750 e. The molecule has 0 aliphatic heterocycles. The first-order valence-electron chi connectivity index (χ1n) is 6.59. The van der Waals surface area contributed by atoms with Crippen LogP contribution in [0.4, 0.5) is 0 Å². The quantitative estimate of drug-likeness (QED) is 0.386. The lowest BCUT2D eigenvalue weighted by atomic mass is 10.3. The van der Waals surface area contributed by atoms with E-state index in [1.807, 2.05) is 6.92 Å². The minimum atomic E-state index is -2.32. The second-order valence-electron chi connectivity index (χ2n) is 3.99. The van der Waals surface area contributed by atoms with Gasteiger partial charge in [-0.15, -0.1) is 0 Å². The van der Waals surface area contributed by atoms with Gasteiger partial charge in [0.25, 0.3) is 0 Å². The lowest BCUT2D eigenvalue weighted by Crippen LogP contribution is -2.47. The third-order valence-electron chi connectivity index (χ3n) is 3.36. The predicted octanol–water partition coefficient (Wildman–Crippen LogP) is 2.48. The lowest BCUT2D eigenvalue weighted by Gasteiger charge is -2.34. The highest BCUT2D eigenvalue weighted by molar-refractivity contribution is 7.74. The number of rotatable bonds is 8. The normalized spacial score (nSPS) is 12.8. The van der Waals surface area contributed by atoms with E-state index in [9.17, 15) is 8.76 Å². The maximum Gasteiger partial charge on any atom is 0.0842 e. The highest BCUT2D eigenvalue weighted by atomic mass is 32.2. The summed E-state index contributed by atoms with van der Waals surface area (Å²) in [6, 6.07) is 0. The van der Waals surface area contributed by atoms with Crippen LogP contribution >= 0.6 is 0 Å². The highest BCUT2D eigenvalue weighted by Crippen LogP contribution is 2.03. The summed E-state index contributed by atoms with van der Waals surface area (Å²) >= 11 is -2.32. The lowest BCUT2D eigenvalue weighted by molar-refractivity contribution is -0.921. The fourth-order valence-corrected chi connectivity index (χ4v) is 1.87. The molecule has 0 bridgehead atoms. The molecular formula is C12H29NO3S. The van der Waals surface area contributed by atoms with E-state index in [4.69, 9.17) is 0 Å². The maximum absolute atomic E-state index is 9.65. The number of quaternary nitrogens is 1. The van der Waals surface area contributed by atoms with Gasteiger partial charge in [0.05, 0.1) is 44.1 Å². The fraction of sp³-hybridized carbons (Fsp3) is 1.00. The minimum absolute atomic E-state index is 0.312. The molecule has 0 radical (unpaired) electrons. The Labute approximate surface area is 109 Å². The number of hydrogen-bond donors (Lipinski definition) is 0. The van der Waals surface area contributed by atoms with Crippen molar-refractivity contribution in [2.75, 3.05) is 32.8 Å². The van der Waals surface area contributed by atoms with E-state index in [1.165, 1.54) is 30.7 Å². The van der Waals surface area contributed by atoms with Gasteiger partial charge in [-0.3, -0.25) is 0 Å². The number of unbranched alkanes of at least 4 members (excludes halogenated alkanes) is 1. The third kappa shape index (κ3) is 10.9. The summed E-state index contributed by atoms with van der Waals surface area (Å²) < 4.78 is 24.8. The Morgan fingerprint density at radius 1 is 1.00 bits per heavy atom. The Bertz CT molecular complexity index is 167. The molecular weight excluding hydrogens is 238 g/mol. The van der Waals surface area contributed by atoms with E-state index in [1.54, 1.807) is 0 Å². The van der Waals surface area contributed by atoms with Crippen LogP contribution in [0.3, 0.4) is 0 Å². The van der Waals surface area contributed by atoms with Crippen LogP contribution < -0.4 is 0 Å². The summed E-state index contributed by atoms with van der Waals surface area (Å²) in [5, 5.41) is 0. The van der Waals surface area contributed by atoms with Crippen molar-refractivity contribution in [3.05, 3.63) is 0 Å². The molecule has 5 heteroatoms. The first-order chi connectivity index (χ1) is 8.01. The van der Waals surface area contributed by atoms with Crippen molar-refractivity contribution in [3.63, 3.8) is 0 Å². The second kappa shape index (κ2) is 12.5. The van der Waals surface area contributed by atoms with Crippen LogP contribution in [-0.2, 0) is 15.5 Å². The predicted molar refractivity (Wildman–Crippen MR) is 72.2 cm³/mol. The van der Waals surface area contributed by atoms with Crippen molar-refractivity contribution in [3.8, 4) is 0 Å². The van der Waals surface area contributed by atoms with Gasteiger partial charge in [0.2, 0.25) is 0 Å². The first-order valence-corrected chi connectivity index (χ1v) is 7.59. The van der Waals surface area contributed by atoms with E-state index < -0.39 is 11.4 Å². The molecule has 0 saturated heterocycles. The zero-order valence-corrected chi connectivity index (χ0v) is 12.8. The summed E-state index contributed by atoms with van der Waals surface area (Å²) in [6.45, 7) is 16.5. The Morgan fingerprint density at radius 2 is 1.41 bits per heavy atom. The molecule has 17 heavy (non-hydrogen) atoms. The molecule has 4 nitrogen and oxygen atoms in total. The Hall–Kier alpha value is 0.0300. The van der Waals surface area contributed by atoms with Crippen LogP contribution in [0.1, 0.15) is 47.5 Å². The summed E-state index contributed by atoms with van der Waals surface area (Å²) in [5.41, 5.74) is 0. The Balaban J connectivity index is 0. The average Bonchev–Trinajstić information content (AvgIpc) is 2.34. The van der Waals surface area contributed by atoms with Crippen LogP contribution in [0.2, 0.25) is 0 Å². The molecule has 0 spiro atoms. The summed E-state index contributed by atoms with van der Waals surface area (Å²) in [7, 11) is 0. The van der Waals surface area contributed by atoms with Crippen molar-refractivity contribution >= 4 is 11.4 Å². The van der Waals surface area contributed by atoms with E-state index in [-0.39, 0.29) is 0 Å². The molecule has 0 aromatic heterocycles. The molecule has 0 aromatic rings. The molecule has 0 heterocycles. The highest BCUT2D eigenvalue weighted by Gasteiger charge is 2.16. The van der Waals surface area contributed by atoms with Gasteiger partial charge in [-0.05, 0) is 34.1 Å². The SMILES string of the molecule is CCCCOS(=O)[O-].CC[N+](CC)(CC)CC. The standard InChI is InChI=1S/C8H20N.C4H10O3S/c1-5-9(6-2,7-3)8-4;1-2-3-4-7-8(5)6/h5-8H2,1-4H3;2-4H2,1H3,(H,5,6)/q+1;/p-1. The second-order valence-corrected chi connectivity index (χ2v) is 4.63. The van der Waals surface area contributed by atoms with E-state index in [0.29, 0.717) is 6.61 Å². The molecule has 0 aromatic carbocycles. The van der Waals surface area contributed by atoms with Crippen LogP contribution in [0.5, 0.6) is 0 Å². The molecule has 106 valence electrons. The van der Waals surface area contributed by atoms with Gasteiger partial charge >= 0.3 is 0 Å². The molecule has 0 aliphatic rings. The number of nitrogens with zero attached hydrogens (tertiary/aromatic N) is 1. The third-order valence-corrected chi connectivity index (χ3v) is 3.72. The van der Waals surface area contributed by atoms with Crippen LogP contribution in [0, 0.1) is 0 Å². The molecule has 0 N–H and O–H groups in total. The van der Waals surface area contributed by atoms with Gasteiger partial charge < -0.3 is 13.2 Å². The van der Waals surface area contributed by atoms with Crippen molar-refractivity contribution in [2.45, 2.75) is 47.5 Å².